The van der Waals surface area contributed by atoms with E-state index in [4.69, 9.17) is 4.74 Å². The Bertz CT molecular complexity index is 1070. The van der Waals surface area contributed by atoms with Gasteiger partial charge in [-0.3, -0.25) is 19.6 Å². The summed E-state index contributed by atoms with van der Waals surface area (Å²) < 4.78 is 7.79. The van der Waals surface area contributed by atoms with E-state index in [1.54, 1.807) is 24.2 Å². The van der Waals surface area contributed by atoms with Crippen LogP contribution in [-0.4, -0.2) is 19.8 Å². The zero-order valence-corrected chi connectivity index (χ0v) is 16.9. The standard InChI is InChI=1S/C21H22N4O2S/c1-13(2)25-20-18(21(26)24-25)19(28-14(3)23-20)16-7-4-8-17(10-16)27-12-15-6-5-9-22-11-15/h4-11,13,19H,12H2,1-3H3,(H,24,26)/t19-/m1/s1. The summed E-state index contributed by atoms with van der Waals surface area (Å²) in [5.41, 5.74) is 2.65. The number of pyridine rings is 1. The molecule has 1 atom stereocenters. The normalized spacial score (nSPS) is 16.0. The lowest BCUT2D eigenvalue weighted by atomic mass is 10.1. The van der Waals surface area contributed by atoms with Crippen LogP contribution in [0.1, 0.15) is 48.8 Å². The Morgan fingerprint density at radius 2 is 2.14 bits per heavy atom. The zero-order chi connectivity index (χ0) is 19.7. The molecule has 0 bridgehead atoms. The SMILES string of the molecule is CC1=Nc2c(c(=O)[nH]n2C(C)C)[C@@H](c2cccc(OCc3cccnc3)c2)S1. The summed E-state index contributed by atoms with van der Waals surface area (Å²) in [6.07, 6.45) is 3.54. The van der Waals surface area contributed by atoms with Crippen LogP contribution in [0.4, 0.5) is 5.82 Å². The minimum absolute atomic E-state index is 0.0841. The number of rotatable bonds is 5. The molecular weight excluding hydrogens is 372 g/mol. The summed E-state index contributed by atoms with van der Waals surface area (Å²) in [6.45, 7) is 6.49. The highest BCUT2D eigenvalue weighted by Crippen LogP contribution is 2.44. The topological polar surface area (TPSA) is 72.3 Å². The lowest BCUT2D eigenvalue weighted by Crippen LogP contribution is -2.13. The Kier molecular flexibility index (Phi) is 5.09. The van der Waals surface area contributed by atoms with Gasteiger partial charge in [-0.1, -0.05) is 30.0 Å². The Morgan fingerprint density at radius 1 is 1.29 bits per heavy atom. The minimum atomic E-state index is -0.113. The number of H-pyrrole nitrogens is 1. The summed E-state index contributed by atoms with van der Waals surface area (Å²) in [6, 6.07) is 11.9. The smallest absolute Gasteiger partial charge is 0.271 e. The van der Waals surface area contributed by atoms with E-state index in [0.29, 0.717) is 12.2 Å². The number of aliphatic imine (C=N–C) groups is 1. The second-order valence-corrected chi connectivity index (χ2v) is 8.29. The van der Waals surface area contributed by atoms with E-state index in [-0.39, 0.29) is 16.9 Å². The second-order valence-electron chi connectivity index (χ2n) is 6.99. The average molecular weight is 395 g/mol. The highest BCUT2D eigenvalue weighted by atomic mass is 32.2. The van der Waals surface area contributed by atoms with Crippen LogP contribution in [0.15, 0.2) is 58.6 Å². The molecule has 0 spiro atoms. The van der Waals surface area contributed by atoms with Crippen molar-refractivity contribution in [2.75, 3.05) is 0 Å². The number of benzene rings is 1. The van der Waals surface area contributed by atoms with Crippen LogP contribution in [-0.2, 0) is 6.61 Å². The van der Waals surface area contributed by atoms with Crippen molar-refractivity contribution in [1.29, 1.82) is 0 Å². The van der Waals surface area contributed by atoms with E-state index in [0.717, 1.165) is 27.7 Å². The molecule has 0 aliphatic carbocycles. The number of aromatic amines is 1. The van der Waals surface area contributed by atoms with Crippen molar-refractivity contribution in [3.63, 3.8) is 0 Å². The first-order valence-corrected chi connectivity index (χ1v) is 10.1. The van der Waals surface area contributed by atoms with Gasteiger partial charge in [-0.05, 0) is 44.5 Å². The molecule has 0 amide bonds. The number of nitrogens with one attached hydrogen (secondary N) is 1. The summed E-state index contributed by atoms with van der Waals surface area (Å²) in [5.74, 6) is 1.49. The Balaban J connectivity index is 1.65. The van der Waals surface area contributed by atoms with Gasteiger partial charge in [0.15, 0.2) is 5.82 Å². The van der Waals surface area contributed by atoms with Crippen LogP contribution in [0.3, 0.4) is 0 Å². The van der Waals surface area contributed by atoms with Crippen LogP contribution in [0.5, 0.6) is 5.75 Å². The predicted octanol–water partition coefficient (Wildman–Crippen LogP) is 4.62. The molecule has 6 nitrogen and oxygen atoms in total. The summed E-state index contributed by atoms with van der Waals surface area (Å²) in [5, 5.41) is 3.76. The fraction of sp³-hybridized carbons (Fsp3) is 0.286. The van der Waals surface area contributed by atoms with Gasteiger partial charge >= 0.3 is 0 Å². The number of hydrogen-bond donors (Lipinski definition) is 1. The van der Waals surface area contributed by atoms with Crippen molar-refractivity contribution in [3.05, 3.63) is 75.8 Å². The summed E-state index contributed by atoms with van der Waals surface area (Å²) in [4.78, 5) is 21.4. The van der Waals surface area contributed by atoms with Gasteiger partial charge in [0.05, 0.1) is 15.9 Å². The van der Waals surface area contributed by atoms with E-state index in [9.17, 15) is 4.79 Å². The zero-order valence-electron chi connectivity index (χ0n) is 16.0. The second kappa shape index (κ2) is 7.67. The van der Waals surface area contributed by atoms with Crippen LogP contribution in [0, 0.1) is 0 Å². The number of thioether (sulfide) groups is 1. The monoisotopic (exact) mass is 394 g/mol. The molecule has 144 valence electrons. The van der Waals surface area contributed by atoms with E-state index < -0.39 is 0 Å². The largest absolute Gasteiger partial charge is 0.489 e. The molecule has 0 saturated heterocycles. The van der Waals surface area contributed by atoms with Crippen molar-refractivity contribution in [2.45, 2.75) is 38.7 Å². The number of aromatic nitrogens is 3. The van der Waals surface area contributed by atoms with Gasteiger partial charge in [-0.15, -0.1) is 0 Å². The molecule has 1 N–H and O–H groups in total. The molecule has 4 rings (SSSR count). The third kappa shape index (κ3) is 3.62. The quantitative estimate of drug-likeness (QED) is 0.685. The minimum Gasteiger partial charge on any atom is -0.489 e. The van der Waals surface area contributed by atoms with Crippen molar-refractivity contribution < 1.29 is 4.74 Å². The van der Waals surface area contributed by atoms with Crippen LogP contribution < -0.4 is 10.3 Å². The molecule has 0 unspecified atom stereocenters. The van der Waals surface area contributed by atoms with E-state index >= 15 is 0 Å². The Hall–Kier alpha value is -2.80. The maximum absolute atomic E-state index is 12.7. The molecule has 1 aliphatic heterocycles. The number of ether oxygens (including phenoxy) is 1. The first-order chi connectivity index (χ1) is 13.5. The van der Waals surface area contributed by atoms with E-state index in [1.807, 2.05) is 61.9 Å². The lowest BCUT2D eigenvalue weighted by molar-refractivity contribution is 0.305. The number of fused-ring (bicyclic) bond motifs is 1. The highest BCUT2D eigenvalue weighted by Gasteiger charge is 2.30. The predicted molar refractivity (Wildman–Crippen MR) is 113 cm³/mol. The summed E-state index contributed by atoms with van der Waals surface area (Å²) in [7, 11) is 0. The van der Waals surface area contributed by atoms with Crippen LogP contribution in [0.25, 0.3) is 0 Å². The van der Waals surface area contributed by atoms with Gasteiger partial charge in [0.1, 0.15) is 12.4 Å². The van der Waals surface area contributed by atoms with E-state index in [1.165, 1.54) is 0 Å². The van der Waals surface area contributed by atoms with Crippen molar-refractivity contribution in [3.8, 4) is 5.75 Å². The fourth-order valence-corrected chi connectivity index (χ4v) is 4.33. The van der Waals surface area contributed by atoms with E-state index in [2.05, 4.69) is 15.1 Å². The van der Waals surface area contributed by atoms with Crippen molar-refractivity contribution in [1.82, 2.24) is 14.8 Å². The molecule has 0 radical (unpaired) electrons. The van der Waals surface area contributed by atoms with Gasteiger partial charge in [-0.2, -0.15) is 0 Å². The molecule has 28 heavy (non-hydrogen) atoms. The highest BCUT2D eigenvalue weighted by molar-refractivity contribution is 8.14. The van der Waals surface area contributed by atoms with Crippen molar-refractivity contribution >= 4 is 22.6 Å². The molecule has 0 fully saturated rings. The van der Waals surface area contributed by atoms with Gasteiger partial charge in [-0.25, -0.2) is 4.99 Å². The lowest BCUT2D eigenvalue weighted by Gasteiger charge is -2.22. The molecule has 3 aromatic rings. The fourth-order valence-electron chi connectivity index (χ4n) is 3.24. The van der Waals surface area contributed by atoms with Gasteiger partial charge in [0.2, 0.25) is 0 Å². The summed E-state index contributed by atoms with van der Waals surface area (Å²) >= 11 is 1.60. The first-order valence-electron chi connectivity index (χ1n) is 9.21. The number of hydrogen-bond acceptors (Lipinski definition) is 5. The first kappa shape index (κ1) is 18.6. The molecule has 0 saturated carbocycles. The molecule has 2 aromatic heterocycles. The van der Waals surface area contributed by atoms with Gasteiger partial charge in [0.25, 0.3) is 5.56 Å². The third-order valence-corrected chi connectivity index (χ3v) is 5.73. The maximum Gasteiger partial charge on any atom is 0.271 e. The average Bonchev–Trinajstić information content (AvgIpc) is 3.03. The molecule has 1 aliphatic rings. The Labute approximate surface area is 167 Å². The van der Waals surface area contributed by atoms with Gasteiger partial charge in [0, 0.05) is 24.0 Å². The van der Waals surface area contributed by atoms with Crippen LogP contribution in [0.2, 0.25) is 0 Å². The molecule has 3 heterocycles. The number of nitrogens with zero attached hydrogens (tertiary/aromatic N) is 3. The third-order valence-electron chi connectivity index (χ3n) is 4.56. The van der Waals surface area contributed by atoms with Crippen LogP contribution >= 0.6 is 11.8 Å². The molecular formula is C21H22N4O2S. The van der Waals surface area contributed by atoms with Gasteiger partial charge < -0.3 is 4.74 Å². The van der Waals surface area contributed by atoms with Crippen molar-refractivity contribution in [2.24, 2.45) is 4.99 Å². The molecule has 7 heteroatoms. The Morgan fingerprint density at radius 3 is 2.89 bits per heavy atom. The maximum atomic E-state index is 12.7. The molecule has 1 aromatic carbocycles.